The highest BCUT2D eigenvalue weighted by Crippen LogP contribution is 2.40. The van der Waals surface area contributed by atoms with E-state index < -0.39 is 0 Å². The minimum atomic E-state index is -0.110. The Morgan fingerprint density at radius 3 is 2.76 bits per heavy atom. The van der Waals surface area contributed by atoms with E-state index in [0.717, 1.165) is 0 Å². The second kappa shape index (κ2) is 4.06. The van der Waals surface area contributed by atoms with Crippen molar-refractivity contribution >= 4 is 5.88 Å². The average Bonchev–Trinajstić information content (AvgIpc) is 2.76. The van der Waals surface area contributed by atoms with Gasteiger partial charge in [0, 0.05) is 11.6 Å². The molecule has 0 aliphatic heterocycles. The SMILES string of the molecule is COc1cc(C#N)cc(-c2cnoc2N)c1O. The van der Waals surface area contributed by atoms with Gasteiger partial charge in [0.2, 0.25) is 5.88 Å². The van der Waals surface area contributed by atoms with Crippen molar-refractivity contribution in [3.63, 3.8) is 0 Å². The van der Waals surface area contributed by atoms with Gasteiger partial charge in [0.05, 0.1) is 30.5 Å². The molecule has 2 rings (SSSR count). The summed E-state index contributed by atoms with van der Waals surface area (Å²) in [5, 5.41) is 22.3. The minimum Gasteiger partial charge on any atom is -0.504 e. The zero-order chi connectivity index (χ0) is 12.4. The van der Waals surface area contributed by atoms with Gasteiger partial charge >= 0.3 is 0 Å². The summed E-state index contributed by atoms with van der Waals surface area (Å²) in [5.41, 5.74) is 6.66. The fourth-order valence-corrected chi connectivity index (χ4v) is 1.48. The van der Waals surface area contributed by atoms with Gasteiger partial charge in [0.1, 0.15) is 0 Å². The summed E-state index contributed by atoms with van der Waals surface area (Å²) in [6.45, 7) is 0. The fraction of sp³-hybridized carbons (Fsp3) is 0.0909. The van der Waals surface area contributed by atoms with E-state index in [9.17, 15) is 5.11 Å². The molecular weight excluding hydrogens is 222 g/mol. The molecule has 1 aromatic carbocycles. The largest absolute Gasteiger partial charge is 0.504 e. The van der Waals surface area contributed by atoms with E-state index in [1.165, 1.54) is 25.4 Å². The molecule has 0 aliphatic carbocycles. The van der Waals surface area contributed by atoms with Gasteiger partial charge in [-0.2, -0.15) is 5.26 Å². The molecule has 0 saturated heterocycles. The number of nitrogens with two attached hydrogens (primary N) is 1. The Labute approximate surface area is 96.8 Å². The maximum Gasteiger partial charge on any atom is 0.230 e. The maximum absolute atomic E-state index is 9.95. The second-order valence-corrected chi connectivity index (χ2v) is 3.29. The summed E-state index contributed by atoms with van der Waals surface area (Å²) in [6.07, 6.45) is 1.37. The van der Waals surface area contributed by atoms with E-state index in [4.69, 9.17) is 20.3 Å². The molecule has 6 heteroatoms. The minimum absolute atomic E-state index is 0.0671. The van der Waals surface area contributed by atoms with Gasteiger partial charge in [-0.3, -0.25) is 0 Å². The number of phenolic OH excluding ortho intramolecular Hbond substituents is 1. The van der Waals surface area contributed by atoms with Crippen LogP contribution in [0.5, 0.6) is 11.5 Å². The first-order valence-corrected chi connectivity index (χ1v) is 4.69. The Morgan fingerprint density at radius 2 is 2.24 bits per heavy atom. The third-order valence-corrected chi connectivity index (χ3v) is 2.31. The summed E-state index contributed by atoms with van der Waals surface area (Å²) in [6, 6.07) is 4.89. The molecular formula is C11H9N3O3. The summed E-state index contributed by atoms with van der Waals surface area (Å²) in [4.78, 5) is 0. The van der Waals surface area contributed by atoms with Gasteiger partial charge in [-0.15, -0.1) is 0 Å². The molecule has 86 valence electrons. The number of phenols is 1. The van der Waals surface area contributed by atoms with E-state index in [2.05, 4.69) is 5.16 Å². The number of aromatic nitrogens is 1. The molecule has 0 atom stereocenters. The standard InChI is InChI=1S/C11H9N3O3/c1-16-9-3-6(4-12)2-7(10(9)15)8-5-14-17-11(8)13/h2-3,5,15H,13H2,1H3. The zero-order valence-electron chi connectivity index (χ0n) is 8.97. The van der Waals surface area contributed by atoms with E-state index in [0.29, 0.717) is 16.7 Å². The van der Waals surface area contributed by atoms with E-state index in [1.54, 1.807) is 0 Å². The smallest absolute Gasteiger partial charge is 0.230 e. The predicted molar refractivity (Wildman–Crippen MR) is 59.3 cm³/mol. The molecule has 0 amide bonds. The van der Waals surface area contributed by atoms with Gasteiger partial charge in [-0.25, -0.2) is 0 Å². The first kappa shape index (κ1) is 10.8. The fourth-order valence-electron chi connectivity index (χ4n) is 1.48. The molecule has 17 heavy (non-hydrogen) atoms. The van der Waals surface area contributed by atoms with Crippen LogP contribution < -0.4 is 10.5 Å². The van der Waals surface area contributed by atoms with Crippen molar-refractivity contribution in [3.8, 4) is 28.7 Å². The van der Waals surface area contributed by atoms with E-state index in [-0.39, 0.29) is 17.4 Å². The molecule has 0 radical (unpaired) electrons. The summed E-state index contributed by atoms with van der Waals surface area (Å²) >= 11 is 0. The number of nitrogen functional groups attached to an aromatic ring is 1. The van der Waals surface area contributed by atoms with Crippen molar-refractivity contribution in [1.82, 2.24) is 5.16 Å². The molecule has 0 aliphatic rings. The summed E-state index contributed by atoms with van der Waals surface area (Å²) in [7, 11) is 1.40. The van der Waals surface area contributed by atoms with Crippen molar-refractivity contribution in [3.05, 3.63) is 23.9 Å². The highest BCUT2D eigenvalue weighted by atomic mass is 16.5. The number of nitriles is 1. The van der Waals surface area contributed by atoms with E-state index in [1.807, 2.05) is 6.07 Å². The highest BCUT2D eigenvalue weighted by Gasteiger charge is 2.16. The molecule has 0 bridgehead atoms. The lowest BCUT2D eigenvalue weighted by Crippen LogP contribution is -1.90. The van der Waals surface area contributed by atoms with Gasteiger partial charge in [-0.1, -0.05) is 5.16 Å². The number of hydrogen-bond donors (Lipinski definition) is 2. The number of rotatable bonds is 2. The predicted octanol–water partition coefficient (Wildman–Crippen LogP) is 1.51. The molecule has 0 saturated carbocycles. The molecule has 0 fully saturated rings. The van der Waals surface area contributed by atoms with Crippen LogP contribution in [0, 0.1) is 11.3 Å². The Morgan fingerprint density at radius 1 is 1.47 bits per heavy atom. The number of anilines is 1. The van der Waals surface area contributed by atoms with Crippen LogP contribution in [-0.2, 0) is 0 Å². The van der Waals surface area contributed by atoms with Crippen LogP contribution in [0.2, 0.25) is 0 Å². The number of hydrogen-bond acceptors (Lipinski definition) is 6. The first-order valence-electron chi connectivity index (χ1n) is 4.69. The van der Waals surface area contributed by atoms with Gasteiger partial charge in [-0.05, 0) is 6.07 Å². The number of benzene rings is 1. The third-order valence-electron chi connectivity index (χ3n) is 2.31. The van der Waals surface area contributed by atoms with Crippen LogP contribution in [0.25, 0.3) is 11.1 Å². The van der Waals surface area contributed by atoms with Crippen LogP contribution in [0.3, 0.4) is 0 Å². The topological polar surface area (TPSA) is 105 Å². The van der Waals surface area contributed by atoms with Crippen molar-refractivity contribution in [2.45, 2.75) is 0 Å². The summed E-state index contributed by atoms with van der Waals surface area (Å²) < 4.78 is 9.69. The molecule has 6 nitrogen and oxygen atoms in total. The lowest BCUT2D eigenvalue weighted by molar-refractivity contribution is 0.374. The number of nitrogens with zero attached hydrogens (tertiary/aromatic N) is 2. The van der Waals surface area contributed by atoms with Crippen LogP contribution in [-0.4, -0.2) is 17.4 Å². The third kappa shape index (κ3) is 1.74. The average molecular weight is 231 g/mol. The van der Waals surface area contributed by atoms with Crippen LogP contribution in [0.4, 0.5) is 5.88 Å². The Bertz CT molecular complexity index is 598. The van der Waals surface area contributed by atoms with Gasteiger partial charge in [0.25, 0.3) is 0 Å². The first-order chi connectivity index (χ1) is 8.17. The van der Waals surface area contributed by atoms with Gasteiger partial charge in [0.15, 0.2) is 11.5 Å². The molecule has 1 heterocycles. The van der Waals surface area contributed by atoms with Crippen molar-refractivity contribution in [1.29, 1.82) is 5.26 Å². The van der Waals surface area contributed by atoms with Crippen LogP contribution in [0.1, 0.15) is 5.56 Å². The Kier molecular flexibility index (Phi) is 2.58. The number of aromatic hydroxyl groups is 1. The second-order valence-electron chi connectivity index (χ2n) is 3.29. The van der Waals surface area contributed by atoms with Crippen molar-refractivity contribution in [2.75, 3.05) is 12.8 Å². The monoisotopic (exact) mass is 231 g/mol. The zero-order valence-corrected chi connectivity index (χ0v) is 8.97. The molecule has 0 unspecified atom stereocenters. The van der Waals surface area contributed by atoms with Crippen LogP contribution >= 0.6 is 0 Å². The Balaban J connectivity index is 2.70. The van der Waals surface area contributed by atoms with Crippen molar-refractivity contribution in [2.24, 2.45) is 0 Å². The lowest BCUT2D eigenvalue weighted by atomic mass is 10.0. The number of methoxy groups -OCH3 is 1. The Hall–Kier alpha value is -2.68. The van der Waals surface area contributed by atoms with Crippen LogP contribution in [0.15, 0.2) is 22.9 Å². The molecule has 1 aromatic heterocycles. The molecule has 3 N–H and O–H groups in total. The summed E-state index contributed by atoms with van der Waals surface area (Å²) in [5.74, 6) is 0.151. The molecule has 2 aromatic rings. The lowest BCUT2D eigenvalue weighted by Gasteiger charge is -2.08. The quantitative estimate of drug-likeness (QED) is 0.811. The normalized spacial score (nSPS) is 9.88. The van der Waals surface area contributed by atoms with E-state index >= 15 is 0 Å². The molecule has 0 spiro atoms. The number of ether oxygens (including phenoxy) is 1. The van der Waals surface area contributed by atoms with Gasteiger partial charge < -0.3 is 20.1 Å². The maximum atomic E-state index is 9.95. The highest BCUT2D eigenvalue weighted by molar-refractivity contribution is 5.80. The van der Waals surface area contributed by atoms with Crippen molar-refractivity contribution < 1.29 is 14.4 Å².